The van der Waals surface area contributed by atoms with Gasteiger partial charge in [0.25, 0.3) is 5.91 Å². The van der Waals surface area contributed by atoms with Gasteiger partial charge in [0, 0.05) is 18.1 Å². The first-order chi connectivity index (χ1) is 8.99. The van der Waals surface area contributed by atoms with Crippen molar-refractivity contribution in [1.29, 1.82) is 0 Å². The highest BCUT2D eigenvalue weighted by Crippen LogP contribution is 2.28. The Morgan fingerprint density at radius 1 is 1.32 bits per heavy atom. The van der Waals surface area contributed by atoms with Crippen LogP contribution in [0.3, 0.4) is 0 Å². The number of aromatic hydroxyl groups is 2. The molecule has 1 saturated heterocycles. The Morgan fingerprint density at radius 3 is 2.74 bits per heavy atom. The molecule has 3 atom stereocenters. The van der Waals surface area contributed by atoms with Crippen LogP contribution in [-0.2, 0) is 0 Å². The molecule has 1 aromatic rings. The number of para-hydroxylation sites is 1. The third kappa shape index (κ3) is 2.98. The van der Waals surface area contributed by atoms with Crippen LogP contribution in [-0.4, -0.2) is 34.2 Å². The quantitative estimate of drug-likeness (QED) is 0.608. The second-order valence-corrected chi connectivity index (χ2v) is 5.19. The van der Waals surface area contributed by atoms with Gasteiger partial charge in [0.15, 0.2) is 11.5 Å². The molecule has 0 aliphatic carbocycles. The molecule has 5 nitrogen and oxygen atoms in total. The number of hydrogen-bond acceptors (Lipinski definition) is 4. The van der Waals surface area contributed by atoms with E-state index in [9.17, 15) is 15.0 Å². The van der Waals surface area contributed by atoms with E-state index in [1.807, 2.05) is 6.92 Å². The molecule has 19 heavy (non-hydrogen) atoms. The SMILES string of the molecule is CC1CCC(NC(=O)c2cccc(O)c2O)C(C)N1. The second-order valence-electron chi connectivity index (χ2n) is 5.19. The minimum absolute atomic E-state index is 0.0328. The number of phenols is 2. The van der Waals surface area contributed by atoms with Crippen LogP contribution in [0.25, 0.3) is 0 Å². The largest absolute Gasteiger partial charge is 0.504 e. The van der Waals surface area contributed by atoms with E-state index in [4.69, 9.17) is 0 Å². The maximum Gasteiger partial charge on any atom is 0.255 e. The molecule has 0 spiro atoms. The summed E-state index contributed by atoms with van der Waals surface area (Å²) in [5, 5.41) is 25.4. The zero-order valence-electron chi connectivity index (χ0n) is 11.2. The maximum atomic E-state index is 12.1. The van der Waals surface area contributed by atoms with Crippen LogP contribution in [0.5, 0.6) is 11.5 Å². The van der Waals surface area contributed by atoms with Gasteiger partial charge >= 0.3 is 0 Å². The highest BCUT2D eigenvalue weighted by atomic mass is 16.3. The molecule has 1 aliphatic rings. The van der Waals surface area contributed by atoms with E-state index < -0.39 is 0 Å². The summed E-state index contributed by atoms with van der Waals surface area (Å²) in [6, 6.07) is 5.05. The molecule has 4 N–H and O–H groups in total. The molecule has 0 bridgehead atoms. The van der Waals surface area contributed by atoms with Crippen molar-refractivity contribution >= 4 is 5.91 Å². The van der Waals surface area contributed by atoms with Crippen LogP contribution < -0.4 is 10.6 Å². The second kappa shape index (κ2) is 5.48. The zero-order valence-corrected chi connectivity index (χ0v) is 11.2. The van der Waals surface area contributed by atoms with E-state index in [1.165, 1.54) is 18.2 Å². The topological polar surface area (TPSA) is 81.6 Å². The Balaban J connectivity index is 2.07. The van der Waals surface area contributed by atoms with Crippen molar-refractivity contribution < 1.29 is 15.0 Å². The molecule has 104 valence electrons. The average molecular weight is 264 g/mol. The molecule has 1 aromatic carbocycles. The predicted molar refractivity (Wildman–Crippen MR) is 72.3 cm³/mol. The molecule has 1 heterocycles. The van der Waals surface area contributed by atoms with Gasteiger partial charge in [-0.3, -0.25) is 4.79 Å². The van der Waals surface area contributed by atoms with Crippen molar-refractivity contribution in [2.45, 2.75) is 44.8 Å². The van der Waals surface area contributed by atoms with Crippen molar-refractivity contribution in [3.63, 3.8) is 0 Å². The predicted octanol–water partition coefficient (Wildman–Crippen LogP) is 1.36. The van der Waals surface area contributed by atoms with Crippen LogP contribution in [0, 0.1) is 0 Å². The summed E-state index contributed by atoms with van der Waals surface area (Å²) in [6.07, 6.45) is 1.90. The van der Waals surface area contributed by atoms with Crippen LogP contribution in [0.15, 0.2) is 18.2 Å². The summed E-state index contributed by atoms with van der Waals surface area (Å²) in [7, 11) is 0. The maximum absolute atomic E-state index is 12.1. The van der Waals surface area contributed by atoms with Gasteiger partial charge in [-0.2, -0.15) is 0 Å². The van der Waals surface area contributed by atoms with Crippen molar-refractivity contribution in [3.8, 4) is 11.5 Å². The van der Waals surface area contributed by atoms with Crippen molar-refractivity contribution in [2.24, 2.45) is 0 Å². The normalized spacial score (nSPS) is 26.9. The van der Waals surface area contributed by atoms with Crippen LogP contribution in [0.1, 0.15) is 37.0 Å². The van der Waals surface area contributed by atoms with E-state index in [1.54, 1.807) is 0 Å². The Kier molecular flexibility index (Phi) is 3.95. The first-order valence-corrected chi connectivity index (χ1v) is 6.57. The summed E-state index contributed by atoms with van der Waals surface area (Å²) in [6.45, 7) is 4.15. The summed E-state index contributed by atoms with van der Waals surface area (Å²) in [5.41, 5.74) is 0.103. The van der Waals surface area contributed by atoms with Gasteiger partial charge in [0.1, 0.15) is 0 Å². The lowest BCUT2D eigenvalue weighted by Crippen LogP contribution is -2.54. The highest BCUT2D eigenvalue weighted by Gasteiger charge is 2.27. The lowest BCUT2D eigenvalue weighted by Gasteiger charge is -2.34. The fourth-order valence-corrected chi connectivity index (χ4v) is 2.49. The van der Waals surface area contributed by atoms with Crippen molar-refractivity contribution in [3.05, 3.63) is 23.8 Å². The van der Waals surface area contributed by atoms with Gasteiger partial charge < -0.3 is 20.8 Å². The number of rotatable bonds is 2. The number of hydrogen-bond donors (Lipinski definition) is 4. The molecule has 2 rings (SSSR count). The molecular formula is C14H20N2O3. The Hall–Kier alpha value is -1.75. The third-order valence-corrected chi connectivity index (χ3v) is 3.64. The van der Waals surface area contributed by atoms with Crippen LogP contribution in [0.4, 0.5) is 0 Å². The smallest absolute Gasteiger partial charge is 0.255 e. The summed E-state index contributed by atoms with van der Waals surface area (Å²) >= 11 is 0. The molecule has 1 aliphatic heterocycles. The number of carbonyl (C=O) groups is 1. The van der Waals surface area contributed by atoms with Gasteiger partial charge in [-0.05, 0) is 38.8 Å². The van der Waals surface area contributed by atoms with Crippen LogP contribution >= 0.6 is 0 Å². The van der Waals surface area contributed by atoms with Crippen LogP contribution in [0.2, 0.25) is 0 Å². The van der Waals surface area contributed by atoms with E-state index in [0.717, 1.165) is 12.8 Å². The number of piperidine rings is 1. The van der Waals surface area contributed by atoms with E-state index in [0.29, 0.717) is 6.04 Å². The molecule has 0 radical (unpaired) electrons. The first kappa shape index (κ1) is 13.7. The fourth-order valence-electron chi connectivity index (χ4n) is 2.49. The van der Waals surface area contributed by atoms with E-state index in [-0.39, 0.29) is 35.1 Å². The van der Waals surface area contributed by atoms with Gasteiger partial charge in [0.2, 0.25) is 0 Å². The molecule has 0 saturated carbocycles. The molecule has 3 unspecified atom stereocenters. The monoisotopic (exact) mass is 264 g/mol. The third-order valence-electron chi connectivity index (χ3n) is 3.64. The number of carbonyl (C=O) groups excluding carboxylic acids is 1. The van der Waals surface area contributed by atoms with E-state index in [2.05, 4.69) is 17.6 Å². The minimum atomic E-state index is -0.371. The van der Waals surface area contributed by atoms with Gasteiger partial charge in [-0.1, -0.05) is 6.07 Å². The Labute approximate surface area is 112 Å². The van der Waals surface area contributed by atoms with Crippen molar-refractivity contribution in [1.82, 2.24) is 10.6 Å². The highest BCUT2D eigenvalue weighted by molar-refractivity contribution is 5.97. The lowest BCUT2D eigenvalue weighted by molar-refractivity contribution is 0.0911. The Bertz CT molecular complexity index is 476. The Morgan fingerprint density at radius 2 is 2.05 bits per heavy atom. The number of benzene rings is 1. The van der Waals surface area contributed by atoms with Gasteiger partial charge in [0.05, 0.1) is 5.56 Å². The molecule has 0 aromatic heterocycles. The molecule has 1 fully saturated rings. The summed E-state index contributed by atoms with van der Waals surface area (Å²) in [5.74, 6) is -1.01. The van der Waals surface area contributed by atoms with E-state index >= 15 is 0 Å². The number of amides is 1. The lowest BCUT2D eigenvalue weighted by atomic mass is 9.95. The fraction of sp³-hybridized carbons (Fsp3) is 0.500. The van der Waals surface area contributed by atoms with Gasteiger partial charge in [-0.25, -0.2) is 0 Å². The number of phenolic OH excluding ortho intramolecular Hbond substituents is 2. The number of nitrogens with one attached hydrogen (secondary N) is 2. The standard InChI is InChI=1S/C14H20N2O3/c1-8-6-7-11(9(2)15-8)16-14(19)10-4-3-5-12(17)13(10)18/h3-5,8-9,11,15,17-18H,6-7H2,1-2H3,(H,16,19). The molecular weight excluding hydrogens is 244 g/mol. The molecule has 1 amide bonds. The average Bonchev–Trinajstić information content (AvgIpc) is 2.36. The first-order valence-electron chi connectivity index (χ1n) is 6.57. The molecule has 5 heteroatoms. The van der Waals surface area contributed by atoms with Gasteiger partial charge in [-0.15, -0.1) is 0 Å². The minimum Gasteiger partial charge on any atom is -0.504 e. The summed E-state index contributed by atoms with van der Waals surface area (Å²) < 4.78 is 0. The summed E-state index contributed by atoms with van der Waals surface area (Å²) in [4.78, 5) is 12.1. The van der Waals surface area contributed by atoms with Crippen molar-refractivity contribution in [2.75, 3.05) is 0 Å². The zero-order chi connectivity index (χ0) is 14.0.